The molecule has 3 heterocycles. The van der Waals surface area contributed by atoms with Gasteiger partial charge in [-0.2, -0.15) is 0 Å². The number of carbonyl (C=O) groups is 1. The number of aldehydes is 1. The van der Waals surface area contributed by atoms with Crippen LogP contribution in [-0.2, 0) is 4.79 Å². The first kappa shape index (κ1) is 22.8. The van der Waals surface area contributed by atoms with E-state index in [4.69, 9.17) is 19.5 Å². The van der Waals surface area contributed by atoms with E-state index < -0.39 is 0 Å². The Bertz CT molecular complexity index is 1010. The molecule has 6 nitrogen and oxygen atoms in total. The normalized spacial score (nSPS) is 16.2. The summed E-state index contributed by atoms with van der Waals surface area (Å²) in [5.74, 6) is 2.32. The lowest BCUT2D eigenvalue weighted by molar-refractivity contribution is -0.106. The fraction of sp³-hybridized carbons (Fsp3) is 0.348. The Morgan fingerprint density at radius 1 is 1.29 bits per heavy atom. The number of piperidine rings is 1. The van der Waals surface area contributed by atoms with Crippen LogP contribution < -0.4 is 10.1 Å². The highest BCUT2D eigenvalue weighted by Gasteiger charge is 2.23. The molecule has 0 aliphatic carbocycles. The van der Waals surface area contributed by atoms with Crippen molar-refractivity contribution in [3.8, 4) is 16.3 Å². The van der Waals surface area contributed by atoms with Crippen LogP contribution >= 0.6 is 11.3 Å². The van der Waals surface area contributed by atoms with E-state index in [0.29, 0.717) is 11.5 Å². The largest absolute Gasteiger partial charge is 0.496 e. The maximum atomic E-state index is 13.6. The van der Waals surface area contributed by atoms with Crippen molar-refractivity contribution in [1.29, 1.82) is 0 Å². The van der Waals surface area contributed by atoms with Crippen molar-refractivity contribution < 1.29 is 13.9 Å². The lowest BCUT2D eigenvalue weighted by atomic mass is 9.97. The van der Waals surface area contributed by atoms with Crippen molar-refractivity contribution in [3.63, 3.8) is 0 Å². The summed E-state index contributed by atoms with van der Waals surface area (Å²) in [6.07, 6.45) is 2.95. The Balaban J connectivity index is 0.000000858. The van der Waals surface area contributed by atoms with Crippen LogP contribution in [0.4, 0.5) is 15.9 Å². The minimum absolute atomic E-state index is 0.281. The molecule has 3 aromatic rings. The van der Waals surface area contributed by atoms with Gasteiger partial charge in [0.25, 0.3) is 0 Å². The van der Waals surface area contributed by atoms with Gasteiger partial charge in [0, 0.05) is 35.7 Å². The molecule has 31 heavy (non-hydrogen) atoms. The second-order valence-corrected chi connectivity index (χ2v) is 8.23. The molecule has 1 aliphatic rings. The number of halogens is 1. The molecule has 1 aromatic carbocycles. The van der Waals surface area contributed by atoms with Crippen LogP contribution in [0, 0.1) is 5.82 Å². The fourth-order valence-corrected chi connectivity index (χ4v) is 4.31. The molecule has 0 bridgehead atoms. The first-order valence-electron chi connectivity index (χ1n) is 10.1. The number of benzene rings is 1. The molecule has 0 saturated carbocycles. The Morgan fingerprint density at radius 3 is 2.77 bits per heavy atom. The van der Waals surface area contributed by atoms with Gasteiger partial charge in [-0.25, -0.2) is 14.4 Å². The molecule has 1 atom stereocenters. The summed E-state index contributed by atoms with van der Waals surface area (Å²) in [5.41, 5.74) is 1.52. The van der Waals surface area contributed by atoms with Gasteiger partial charge >= 0.3 is 0 Å². The van der Waals surface area contributed by atoms with Crippen molar-refractivity contribution in [2.24, 2.45) is 0 Å². The Labute approximate surface area is 186 Å². The smallest absolute Gasteiger partial charge is 0.135 e. The Hall–Kier alpha value is -2.84. The SMILES string of the molecule is CC=O.COc1csc(-c2cc(Nc3cccc(F)c3)nc(C3CCCN(C)C3)n2)c1. The van der Waals surface area contributed by atoms with Gasteiger partial charge in [0.05, 0.1) is 17.7 Å². The summed E-state index contributed by atoms with van der Waals surface area (Å²) in [4.78, 5) is 21.8. The van der Waals surface area contributed by atoms with Crippen LogP contribution in [0.3, 0.4) is 0 Å². The van der Waals surface area contributed by atoms with Gasteiger partial charge < -0.3 is 19.7 Å². The lowest BCUT2D eigenvalue weighted by Gasteiger charge is -2.29. The number of likely N-dealkylation sites (N-methyl/N-ethyl adjacent to an activating group) is 1. The van der Waals surface area contributed by atoms with Crippen molar-refractivity contribution in [1.82, 2.24) is 14.9 Å². The van der Waals surface area contributed by atoms with Crippen LogP contribution in [0.2, 0.25) is 0 Å². The Morgan fingerprint density at radius 2 is 2.10 bits per heavy atom. The molecule has 0 radical (unpaired) electrons. The van der Waals surface area contributed by atoms with E-state index in [1.165, 1.54) is 19.1 Å². The van der Waals surface area contributed by atoms with Gasteiger partial charge in [-0.15, -0.1) is 11.3 Å². The highest BCUT2D eigenvalue weighted by Crippen LogP contribution is 2.33. The lowest BCUT2D eigenvalue weighted by Crippen LogP contribution is -2.31. The van der Waals surface area contributed by atoms with Crippen molar-refractivity contribution in [3.05, 3.63) is 53.4 Å². The third kappa shape index (κ3) is 6.32. The third-order valence-electron chi connectivity index (χ3n) is 4.89. The van der Waals surface area contributed by atoms with Gasteiger partial charge in [-0.3, -0.25) is 0 Å². The molecule has 1 N–H and O–H groups in total. The van der Waals surface area contributed by atoms with E-state index in [0.717, 1.165) is 54.4 Å². The molecule has 8 heteroatoms. The zero-order valence-electron chi connectivity index (χ0n) is 18.0. The predicted octanol–water partition coefficient (Wildman–Crippen LogP) is 5.11. The van der Waals surface area contributed by atoms with Gasteiger partial charge in [0.15, 0.2) is 0 Å². The van der Waals surface area contributed by atoms with E-state index in [1.807, 2.05) is 23.6 Å². The number of aromatic nitrogens is 2. The number of ether oxygens (including phenoxy) is 1. The topological polar surface area (TPSA) is 67.3 Å². The zero-order valence-corrected chi connectivity index (χ0v) is 18.8. The second-order valence-electron chi connectivity index (χ2n) is 7.32. The molecular weight excluding hydrogens is 415 g/mol. The van der Waals surface area contributed by atoms with Crippen LogP contribution in [0.5, 0.6) is 5.75 Å². The van der Waals surface area contributed by atoms with Crippen molar-refractivity contribution in [2.75, 3.05) is 32.6 Å². The minimum Gasteiger partial charge on any atom is -0.496 e. The molecule has 164 valence electrons. The number of carbonyl (C=O) groups excluding carboxylic acids is 1. The number of hydrogen-bond donors (Lipinski definition) is 1. The van der Waals surface area contributed by atoms with E-state index in [2.05, 4.69) is 17.3 Å². The molecule has 0 spiro atoms. The van der Waals surface area contributed by atoms with Gasteiger partial charge in [0.2, 0.25) is 0 Å². The van der Waals surface area contributed by atoms with Crippen LogP contribution in [0.25, 0.3) is 10.6 Å². The standard InChI is InChI=1S/C21H23FN4OS.C2H4O/c1-26-8-4-5-14(12-26)21-24-18(19-10-17(27-2)13-28-19)11-20(25-21)23-16-7-3-6-15(22)9-16;1-2-3/h3,6-7,9-11,13-14H,4-5,8,12H2,1-2H3,(H,23,24,25);2H,1H3. The van der Waals surface area contributed by atoms with Gasteiger partial charge in [-0.1, -0.05) is 6.07 Å². The molecule has 1 fully saturated rings. The molecular formula is C23H27FN4O2S. The van der Waals surface area contributed by atoms with Crippen molar-refractivity contribution >= 4 is 29.1 Å². The molecule has 1 aliphatic heterocycles. The first-order valence-corrected chi connectivity index (χ1v) is 11.0. The first-order chi connectivity index (χ1) is 15.0. The van der Waals surface area contributed by atoms with Crippen molar-refractivity contribution in [2.45, 2.75) is 25.7 Å². The second kappa shape index (κ2) is 11.0. The summed E-state index contributed by atoms with van der Waals surface area (Å²) in [6, 6.07) is 10.3. The molecule has 1 unspecified atom stereocenters. The average molecular weight is 443 g/mol. The number of anilines is 2. The molecule has 4 rings (SSSR count). The Kier molecular flexibility index (Phi) is 8.08. The summed E-state index contributed by atoms with van der Waals surface area (Å²) in [6.45, 7) is 3.49. The van der Waals surface area contributed by atoms with Crippen LogP contribution in [0.1, 0.15) is 31.5 Å². The quantitative estimate of drug-likeness (QED) is 0.554. The molecule has 1 saturated heterocycles. The zero-order chi connectivity index (χ0) is 22.2. The highest BCUT2D eigenvalue weighted by atomic mass is 32.1. The van der Waals surface area contributed by atoms with Gasteiger partial charge in [-0.05, 0) is 51.6 Å². The van der Waals surface area contributed by atoms with E-state index in [-0.39, 0.29) is 11.7 Å². The maximum Gasteiger partial charge on any atom is 0.135 e. The highest BCUT2D eigenvalue weighted by molar-refractivity contribution is 7.13. The third-order valence-corrected chi connectivity index (χ3v) is 5.82. The minimum atomic E-state index is -0.281. The molecule has 0 amide bonds. The predicted molar refractivity (Wildman–Crippen MR) is 123 cm³/mol. The summed E-state index contributed by atoms with van der Waals surface area (Å²) >= 11 is 1.59. The summed E-state index contributed by atoms with van der Waals surface area (Å²) in [7, 11) is 3.79. The van der Waals surface area contributed by atoms with Crippen LogP contribution in [0.15, 0.2) is 41.8 Å². The monoisotopic (exact) mass is 442 g/mol. The maximum absolute atomic E-state index is 13.6. The van der Waals surface area contributed by atoms with E-state index in [1.54, 1.807) is 24.5 Å². The van der Waals surface area contributed by atoms with Gasteiger partial charge in [0.1, 0.15) is 29.5 Å². The number of methoxy groups -OCH3 is 1. The van der Waals surface area contributed by atoms with Crippen LogP contribution in [-0.4, -0.2) is 48.4 Å². The number of nitrogens with zero attached hydrogens (tertiary/aromatic N) is 3. The number of nitrogens with one attached hydrogen (secondary N) is 1. The van der Waals surface area contributed by atoms with E-state index in [9.17, 15) is 4.39 Å². The summed E-state index contributed by atoms with van der Waals surface area (Å²) in [5, 5.41) is 5.20. The summed E-state index contributed by atoms with van der Waals surface area (Å²) < 4.78 is 18.9. The number of rotatable bonds is 5. The van der Waals surface area contributed by atoms with E-state index >= 15 is 0 Å². The number of thiophene rings is 1. The fourth-order valence-electron chi connectivity index (χ4n) is 3.49. The molecule has 2 aromatic heterocycles. The number of likely N-dealkylation sites (tertiary alicyclic amines) is 1. The number of hydrogen-bond acceptors (Lipinski definition) is 7. The average Bonchev–Trinajstić information content (AvgIpc) is 3.24.